The molecule has 0 aliphatic rings. The van der Waals surface area contributed by atoms with E-state index in [9.17, 15) is 14.7 Å². The second-order valence-corrected chi connectivity index (χ2v) is 9.69. The van der Waals surface area contributed by atoms with Crippen LogP contribution in [-0.2, 0) is 12.8 Å². The maximum Gasteiger partial charge on any atom is 0.253 e. The summed E-state index contributed by atoms with van der Waals surface area (Å²) in [7, 11) is 3.97. The molecule has 0 radical (unpaired) electrons. The van der Waals surface area contributed by atoms with E-state index >= 15 is 0 Å². The van der Waals surface area contributed by atoms with Gasteiger partial charge in [0.15, 0.2) is 0 Å². The van der Waals surface area contributed by atoms with Crippen molar-refractivity contribution in [1.82, 2.24) is 4.90 Å². The van der Waals surface area contributed by atoms with Crippen LogP contribution in [0, 0.1) is 0 Å². The summed E-state index contributed by atoms with van der Waals surface area (Å²) >= 11 is 1.72. The first-order valence-electron chi connectivity index (χ1n) is 11.1. The van der Waals surface area contributed by atoms with E-state index in [1.165, 1.54) is 15.6 Å². The van der Waals surface area contributed by atoms with Crippen LogP contribution in [0.15, 0.2) is 63.5 Å². The van der Waals surface area contributed by atoms with E-state index in [0.717, 1.165) is 18.4 Å². The summed E-state index contributed by atoms with van der Waals surface area (Å²) in [6.07, 6.45) is 1.52. The lowest BCUT2D eigenvalue weighted by atomic mass is 10.0. The number of likely N-dealkylation sites (N-methyl/N-ethyl adjacent to an activating group) is 1. The Labute approximate surface area is 197 Å². The largest absolute Gasteiger partial charge is 0.508 e. The summed E-state index contributed by atoms with van der Waals surface area (Å²) < 4.78 is 1.25. The van der Waals surface area contributed by atoms with Gasteiger partial charge in [-0.05, 0) is 74.0 Å². The number of fused-ring (bicyclic) bond motifs is 1. The maximum atomic E-state index is 12.3. The third-order valence-corrected chi connectivity index (χ3v) is 7.05. The maximum absolute atomic E-state index is 12.3. The summed E-state index contributed by atoms with van der Waals surface area (Å²) in [5.74, 6) is 0.238. The van der Waals surface area contributed by atoms with Crippen LogP contribution >= 0.6 is 11.3 Å². The topological polar surface area (TPSA) is 81.7 Å². The first kappa shape index (κ1) is 23.0. The zero-order valence-corrected chi connectivity index (χ0v) is 19.9. The molecule has 0 saturated carbocycles. The molecule has 7 heteroatoms. The van der Waals surface area contributed by atoms with Crippen molar-refractivity contribution in [2.45, 2.75) is 31.8 Å². The molecule has 0 aliphatic heterocycles. The number of phenols is 1. The lowest BCUT2D eigenvalue weighted by molar-refractivity contribution is 0.303. The van der Waals surface area contributed by atoms with E-state index in [1.54, 1.807) is 23.5 Å². The Morgan fingerprint density at radius 2 is 1.67 bits per heavy atom. The van der Waals surface area contributed by atoms with E-state index in [0.29, 0.717) is 17.9 Å². The summed E-state index contributed by atoms with van der Waals surface area (Å²) in [4.78, 5) is 26.6. The highest BCUT2D eigenvalue weighted by molar-refractivity contribution is 7.17. The first-order valence-corrected chi connectivity index (χ1v) is 11.9. The number of nitrogens with one attached hydrogen (secondary N) is 2. The number of hydrogen-bond donors (Lipinski definition) is 3. The molecule has 4 rings (SSSR count). The Morgan fingerprint density at radius 3 is 2.39 bits per heavy atom. The molecule has 0 amide bonds. The highest BCUT2D eigenvalue weighted by Gasteiger charge is 2.24. The van der Waals surface area contributed by atoms with Crippen molar-refractivity contribution in [2.75, 3.05) is 31.3 Å². The zero-order chi connectivity index (χ0) is 23.5. The number of aromatic hydroxyl groups is 1. The van der Waals surface area contributed by atoms with Crippen LogP contribution < -0.4 is 21.5 Å². The predicted molar refractivity (Wildman–Crippen MR) is 138 cm³/mol. The zero-order valence-electron chi connectivity index (χ0n) is 19.1. The van der Waals surface area contributed by atoms with E-state index in [1.807, 2.05) is 45.3 Å². The van der Waals surface area contributed by atoms with Gasteiger partial charge in [-0.1, -0.05) is 30.3 Å². The van der Waals surface area contributed by atoms with Crippen LogP contribution in [-0.4, -0.2) is 42.7 Å². The normalized spacial score (nSPS) is 13.5. The lowest BCUT2D eigenvalue weighted by Crippen LogP contribution is -2.43. The van der Waals surface area contributed by atoms with E-state index in [-0.39, 0.29) is 17.8 Å². The van der Waals surface area contributed by atoms with Crippen LogP contribution in [0.1, 0.15) is 18.1 Å². The first-order chi connectivity index (χ1) is 15.8. The quantitative estimate of drug-likeness (QED) is 0.310. The van der Waals surface area contributed by atoms with Gasteiger partial charge in [0.1, 0.15) is 17.1 Å². The van der Waals surface area contributed by atoms with Crippen LogP contribution in [0.3, 0.4) is 0 Å². The van der Waals surface area contributed by atoms with Gasteiger partial charge in [-0.25, -0.2) is 0 Å². The molecule has 6 nitrogen and oxygen atoms in total. The highest BCUT2D eigenvalue weighted by atomic mass is 32.1. The molecule has 0 bridgehead atoms. The molecule has 4 aromatic rings. The molecular weight excluding hydrogens is 434 g/mol. The number of anilines is 2. The fraction of sp³-hybridized carbons (Fsp3) is 0.308. The molecule has 1 heterocycles. The second-order valence-electron chi connectivity index (χ2n) is 8.78. The Kier molecular flexibility index (Phi) is 6.81. The third kappa shape index (κ3) is 5.10. The van der Waals surface area contributed by atoms with Crippen molar-refractivity contribution in [3.63, 3.8) is 0 Å². The monoisotopic (exact) mass is 463 g/mol. The fourth-order valence-corrected chi connectivity index (χ4v) is 5.05. The minimum atomic E-state index is -0.465. The number of nitrogens with zero attached hydrogens (tertiary/aromatic N) is 1. The Bertz CT molecular complexity index is 1300. The van der Waals surface area contributed by atoms with Crippen molar-refractivity contribution in [3.8, 4) is 5.75 Å². The SMILES string of the molecule is C[C@H](Cc1csc2ccccc12)Nc1c(NCC(Cc2ccc(O)cc2)N(C)C)c(=O)c1=O. The van der Waals surface area contributed by atoms with Gasteiger partial charge in [-0.15, -0.1) is 11.3 Å². The van der Waals surface area contributed by atoms with Crippen LogP contribution in [0.2, 0.25) is 0 Å². The van der Waals surface area contributed by atoms with Gasteiger partial charge in [0.2, 0.25) is 0 Å². The molecular formula is C26H29N3O3S. The van der Waals surface area contributed by atoms with Crippen molar-refractivity contribution >= 4 is 32.8 Å². The number of phenolic OH excluding ortho intramolecular Hbond substituents is 1. The van der Waals surface area contributed by atoms with Crippen molar-refractivity contribution in [3.05, 3.63) is 85.5 Å². The molecule has 3 aromatic carbocycles. The number of benzene rings is 2. The molecule has 1 aromatic heterocycles. The average Bonchev–Trinajstić information content (AvgIpc) is 3.21. The summed E-state index contributed by atoms with van der Waals surface area (Å²) in [6.45, 7) is 2.55. The van der Waals surface area contributed by atoms with E-state index in [2.05, 4.69) is 33.0 Å². The van der Waals surface area contributed by atoms with Crippen LogP contribution in [0.4, 0.5) is 11.4 Å². The molecule has 33 heavy (non-hydrogen) atoms. The van der Waals surface area contributed by atoms with Gasteiger partial charge in [0.25, 0.3) is 10.9 Å². The van der Waals surface area contributed by atoms with Gasteiger partial charge >= 0.3 is 0 Å². The molecule has 2 atom stereocenters. The molecule has 172 valence electrons. The van der Waals surface area contributed by atoms with Crippen molar-refractivity contribution in [1.29, 1.82) is 0 Å². The van der Waals surface area contributed by atoms with Crippen LogP contribution in [0.5, 0.6) is 5.75 Å². The average molecular weight is 464 g/mol. The molecule has 1 unspecified atom stereocenters. The smallest absolute Gasteiger partial charge is 0.253 e. The van der Waals surface area contributed by atoms with E-state index < -0.39 is 10.9 Å². The number of rotatable bonds is 10. The molecule has 0 fully saturated rings. The Hall–Kier alpha value is -3.16. The van der Waals surface area contributed by atoms with Crippen molar-refractivity contribution in [2.24, 2.45) is 0 Å². The standard InChI is InChI=1S/C26H29N3O3S/c1-16(12-18-15-33-22-7-5-4-6-21(18)22)28-24-23(25(31)26(24)32)27-14-19(29(2)3)13-17-8-10-20(30)11-9-17/h4-11,15-16,19,27-28,30H,12-14H2,1-3H3/t16-,19?/m1/s1. The third-order valence-electron chi connectivity index (χ3n) is 6.04. The Balaban J connectivity index is 1.41. The number of hydrogen-bond acceptors (Lipinski definition) is 7. The lowest BCUT2D eigenvalue weighted by Gasteiger charge is -2.26. The van der Waals surface area contributed by atoms with Gasteiger partial charge in [0, 0.05) is 23.3 Å². The molecule has 3 N–H and O–H groups in total. The van der Waals surface area contributed by atoms with Crippen LogP contribution in [0.25, 0.3) is 10.1 Å². The minimum absolute atomic E-state index is 0.00787. The molecule has 0 saturated heterocycles. The summed E-state index contributed by atoms with van der Waals surface area (Å²) in [6, 6.07) is 15.6. The van der Waals surface area contributed by atoms with Crippen molar-refractivity contribution < 1.29 is 5.11 Å². The van der Waals surface area contributed by atoms with E-state index in [4.69, 9.17) is 0 Å². The minimum Gasteiger partial charge on any atom is -0.508 e. The Morgan fingerprint density at radius 1 is 0.970 bits per heavy atom. The van der Waals surface area contributed by atoms with Gasteiger partial charge in [-0.2, -0.15) is 0 Å². The fourth-order valence-electron chi connectivity index (χ4n) is 4.08. The summed E-state index contributed by atoms with van der Waals surface area (Å²) in [5, 5.41) is 19.4. The predicted octanol–water partition coefficient (Wildman–Crippen LogP) is 3.83. The molecule has 0 spiro atoms. The molecule has 0 aliphatic carbocycles. The van der Waals surface area contributed by atoms with Gasteiger partial charge < -0.3 is 20.6 Å². The summed E-state index contributed by atoms with van der Waals surface area (Å²) in [5.41, 5.74) is 2.17. The van der Waals surface area contributed by atoms with Gasteiger partial charge in [-0.3, -0.25) is 9.59 Å². The second kappa shape index (κ2) is 9.77. The highest BCUT2D eigenvalue weighted by Crippen LogP contribution is 2.27. The number of thiophene rings is 1. The van der Waals surface area contributed by atoms with Gasteiger partial charge in [0.05, 0.1) is 0 Å².